The predicted molar refractivity (Wildman–Crippen MR) is 71.8 cm³/mol. The van der Waals surface area contributed by atoms with E-state index in [9.17, 15) is 9.59 Å². The zero-order valence-corrected chi connectivity index (χ0v) is 11.0. The van der Waals surface area contributed by atoms with Crippen LogP contribution in [0.4, 0.5) is 5.69 Å². The van der Waals surface area contributed by atoms with Gasteiger partial charge in [0.2, 0.25) is 11.8 Å². The molecule has 1 heterocycles. The molecule has 5 heteroatoms. The summed E-state index contributed by atoms with van der Waals surface area (Å²) in [6, 6.07) is 7.71. The number of imide groups is 1. The van der Waals surface area contributed by atoms with Crippen LogP contribution < -0.4 is 4.90 Å². The first-order valence-corrected chi connectivity index (χ1v) is 6.36. The normalized spacial score (nSPS) is 16.1. The molecule has 0 saturated carbocycles. The summed E-state index contributed by atoms with van der Waals surface area (Å²) in [5.41, 5.74) is 1.97. The van der Waals surface area contributed by atoms with Crippen molar-refractivity contribution in [2.75, 3.05) is 31.6 Å². The number of anilines is 1. The molecule has 0 unspecified atom stereocenters. The van der Waals surface area contributed by atoms with Crippen LogP contribution in [0.3, 0.4) is 0 Å². The first-order chi connectivity index (χ1) is 9.13. The van der Waals surface area contributed by atoms with E-state index in [0.29, 0.717) is 6.42 Å². The maximum absolute atomic E-state index is 11.7. The maximum atomic E-state index is 11.7. The van der Waals surface area contributed by atoms with Crippen molar-refractivity contribution in [3.8, 4) is 0 Å². The second kappa shape index (κ2) is 5.84. The van der Waals surface area contributed by atoms with E-state index in [-0.39, 0.29) is 31.5 Å². The van der Waals surface area contributed by atoms with Crippen molar-refractivity contribution in [2.45, 2.75) is 12.8 Å². The molecule has 1 aliphatic heterocycles. The van der Waals surface area contributed by atoms with Crippen LogP contribution in [0, 0.1) is 0 Å². The molecule has 0 spiro atoms. The number of aryl methyl sites for hydroxylation is 1. The highest BCUT2D eigenvalue weighted by atomic mass is 16.3. The molecule has 1 aliphatic rings. The molecule has 0 atom stereocenters. The van der Waals surface area contributed by atoms with E-state index in [1.807, 2.05) is 24.3 Å². The Bertz CT molecular complexity index is 469. The van der Waals surface area contributed by atoms with Crippen LogP contribution in [0.25, 0.3) is 0 Å². The molecule has 1 saturated heterocycles. The highest BCUT2D eigenvalue weighted by Gasteiger charge is 2.28. The Kier molecular flexibility index (Phi) is 4.16. The van der Waals surface area contributed by atoms with Crippen molar-refractivity contribution < 1.29 is 14.7 Å². The summed E-state index contributed by atoms with van der Waals surface area (Å²) in [5.74, 6) is -0.374. The summed E-state index contributed by atoms with van der Waals surface area (Å²) in [5, 5.41) is 8.92. The zero-order chi connectivity index (χ0) is 13.8. The topological polar surface area (TPSA) is 60.9 Å². The highest BCUT2D eigenvalue weighted by Crippen LogP contribution is 2.23. The van der Waals surface area contributed by atoms with Crippen LogP contribution in [-0.4, -0.2) is 48.6 Å². The second-order valence-corrected chi connectivity index (χ2v) is 4.66. The molecule has 2 amide bonds. The van der Waals surface area contributed by atoms with Crippen LogP contribution >= 0.6 is 0 Å². The molecule has 19 heavy (non-hydrogen) atoms. The van der Waals surface area contributed by atoms with Gasteiger partial charge in [0.25, 0.3) is 0 Å². The van der Waals surface area contributed by atoms with Crippen molar-refractivity contribution >= 4 is 17.5 Å². The number of aliphatic hydroxyl groups excluding tert-OH is 1. The third kappa shape index (κ3) is 2.93. The highest BCUT2D eigenvalue weighted by molar-refractivity contribution is 6.02. The van der Waals surface area contributed by atoms with E-state index in [0.717, 1.165) is 17.7 Å². The number of amides is 2. The lowest BCUT2D eigenvalue weighted by atomic mass is 10.1. The van der Waals surface area contributed by atoms with Gasteiger partial charge < -0.3 is 10.0 Å². The summed E-state index contributed by atoms with van der Waals surface area (Å²) in [7, 11) is 1.51. The van der Waals surface area contributed by atoms with Gasteiger partial charge in [-0.1, -0.05) is 18.2 Å². The number of carbonyl (C=O) groups excluding carboxylic acids is 2. The Labute approximate surface area is 112 Å². The molecule has 0 radical (unpaired) electrons. The number of nitrogens with zero attached hydrogens (tertiary/aromatic N) is 2. The molecule has 0 bridgehead atoms. The molecule has 2 rings (SSSR count). The van der Waals surface area contributed by atoms with E-state index in [1.54, 1.807) is 4.90 Å². The van der Waals surface area contributed by atoms with Gasteiger partial charge in [-0.25, -0.2) is 0 Å². The molecular weight excluding hydrogens is 244 g/mol. The third-order valence-electron chi connectivity index (χ3n) is 3.34. The van der Waals surface area contributed by atoms with Gasteiger partial charge in [0.05, 0.1) is 13.1 Å². The van der Waals surface area contributed by atoms with Gasteiger partial charge in [0.1, 0.15) is 0 Å². The Balaban J connectivity index is 2.22. The maximum Gasteiger partial charge on any atom is 0.248 e. The standard InChI is InChI=1S/C14H18N2O3/c1-15-13(18)9-16(10-14(15)19)12-7-3-2-5-11(12)6-4-8-17/h2-3,5,7,17H,4,6,8-10H2,1H3. The number of rotatable bonds is 4. The molecule has 1 aromatic rings. The number of benzene rings is 1. The summed E-state index contributed by atoms with van der Waals surface area (Å²) in [6.07, 6.45) is 1.41. The van der Waals surface area contributed by atoms with Crippen molar-refractivity contribution in [2.24, 2.45) is 0 Å². The quantitative estimate of drug-likeness (QED) is 0.799. The molecule has 1 N–H and O–H groups in total. The van der Waals surface area contributed by atoms with Crippen molar-refractivity contribution in [1.29, 1.82) is 0 Å². The van der Waals surface area contributed by atoms with Gasteiger partial charge in [-0.2, -0.15) is 0 Å². The average Bonchev–Trinajstić information content (AvgIpc) is 2.42. The first kappa shape index (κ1) is 13.5. The first-order valence-electron chi connectivity index (χ1n) is 6.36. The van der Waals surface area contributed by atoms with Gasteiger partial charge in [-0.3, -0.25) is 14.5 Å². The fourth-order valence-corrected chi connectivity index (χ4v) is 2.20. The van der Waals surface area contributed by atoms with Crippen LogP contribution in [0.2, 0.25) is 0 Å². The number of likely N-dealkylation sites (N-methyl/N-ethyl adjacent to an activating group) is 1. The largest absolute Gasteiger partial charge is 0.396 e. The number of aliphatic hydroxyl groups is 1. The number of para-hydroxylation sites is 1. The zero-order valence-electron chi connectivity index (χ0n) is 11.0. The molecule has 1 fully saturated rings. The summed E-state index contributed by atoms with van der Waals surface area (Å²) < 4.78 is 0. The Morgan fingerprint density at radius 1 is 1.16 bits per heavy atom. The third-order valence-corrected chi connectivity index (χ3v) is 3.34. The smallest absolute Gasteiger partial charge is 0.248 e. The van der Waals surface area contributed by atoms with Crippen LogP contribution in [-0.2, 0) is 16.0 Å². The SMILES string of the molecule is CN1C(=O)CN(c2ccccc2CCCO)CC1=O. The monoisotopic (exact) mass is 262 g/mol. The van der Waals surface area contributed by atoms with Crippen LogP contribution in [0.5, 0.6) is 0 Å². The lowest BCUT2D eigenvalue weighted by molar-refractivity contribution is -0.143. The van der Waals surface area contributed by atoms with Gasteiger partial charge in [0, 0.05) is 19.3 Å². The lowest BCUT2D eigenvalue weighted by Crippen LogP contribution is -2.52. The summed E-state index contributed by atoms with van der Waals surface area (Å²) in [6.45, 7) is 0.575. The van der Waals surface area contributed by atoms with Crippen molar-refractivity contribution in [3.05, 3.63) is 29.8 Å². The van der Waals surface area contributed by atoms with E-state index in [4.69, 9.17) is 5.11 Å². The van der Waals surface area contributed by atoms with Gasteiger partial charge in [0.15, 0.2) is 0 Å². The van der Waals surface area contributed by atoms with E-state index >= 15 is 0 Å². The minimum atomic E-state index is -0.187. The Morgan fingerprint density at radius 3 is 2.42 bits per heavy atom. The fraction of sp³-hybridized carbons (Fsp3) is 0.429. The number of hydrogen-bond acceptors (Lipinski definition) is 4. The second-order valence-electron chi connectivity index (χ2n) is 4.66. The van der Waals surface area contributed by atoms with Gasteiger partial charge in [-0.05, 0) is 24.5 Å². The lowest BCUT2D eigenvalue weighted by Gasteiger charge is -2.33. The van der Waals surface area contributed by atoms with Crippen LogP contribution in [0.15, 0.2) is 24.3 Å². The number of piperazine rings is 1. The molecule has 1 aromatic carbocycles. The number of carbonyl (C=O) groups is 2. The summed E-state index contributed by atoms with van der Waals surface area (Å²) in [4.78, 5) is 26.5. The fourth-order valence-electron chi connectivity index (χ4n) is 2.20. The molecule has 0 aliphatic carbocycles. The Morgan fingerprint density at radius 2 is 1.79 bits per heavy atom. The van der Waals surface area contributed by atoms with E-state index in [1.165, 1.54) is 11.9 Å². The van der Waals surface area contributed by atoms with Crippen molar-refractivity contribution in [3.63, 3.8) is 0 Å². The van der Waals surface area contributed by atoms with Gasteiger partial charge in [-0.15, -0.1) is 0 Å². The summed E-state index contributed by atoms with van der Waals surface area (Å²) >= 11 is 0. The average molecular weight is 262 g/mol. The van der Waals surface area contributed by atoms with Gasteiger partial charge >= 0.3 is 0 Å². The Hall–Kier alpha value is -1.88. The predicted octanol–water partition coefficient (Wildman–Crippen LogP) is 0.416. The van der Waals surface area contributed by atoms with Crippen molar-refractivity contribution in [1.82, 2.24) is 4.90 Å². The minimum Gasteiger partial charge on any atom is -0.396 e. The molecule has 102 valence electrons. The molecular formula is C14H18N2O3. The van der Waals surface area contributed by atoms with E-state index in [2.05, 4.69) is 0 Å². The molecule has 0 aromatic heterocycles. The molecule has 5 nitrogen and oxygen atoms in total. The number of hydrogen-bond donors (Lipinski definition) is 1. The minimum absolute atomic E-state index is 0.134. The van der Waals surface area contributed by atoms with Crippen LogP contribution in [0.1, 0.15) is 12.0 Å². The van der Waals surface area contributed by atoms with E-state index < -0.39 is 0 Å².